The summed E-state index contributed by atoms with van der Waals surface area (Å²) in [6.45, 7) is 2.29. The fraction of sp³-hybridized carbons (Fsp3) is 0.696. The molecular formula is C23H39N. The molecule has 0 N–H and O–H groups in total. The van der Waals surface area contributed by atoms with Gasteiger partial charge in [-0.05, 0) is 31.1 Å². The number of unbranched alkanes of at least 4 members (excludes halogenated alkanes) is 14. The molecule has 1 nitrogen and oxygen atoms in total. The van der Waals surface area contributed by atoms with Crippen molar-refractivity contribution in [3.63, 3.8) is 0 Å². The van der Waals surface area contributed by atoms with Gasteiger partial charge in [-0.3, -0.25) is 4.98 Å². The molecule has 0 saturated heterocycles. The maximum atomic E-state index is 4.30. The molecule has 0 aliphatic heterocycles. The van der Waals surface area contributed by atoms with Crippen LogP contribution in [0.3, 0.4) is 0 Å². The van der Waals surface area contributed by atoms with E-state index in [0.29, 0.717) is 0 Å². The van der Waals surface area contributed by atoms with Gasteiger partial charge in [0.05, 0.1) is 5.69 Å². The standard InChI is InChI=1S/C23H39N/c1-2-3-4-5-6-7-8-9-10-11-12-13-14-15-16-17-20-23-21-18-19-22-24-23/h17-22H,2-16H2,1H3. The van der Waals surface area contributed by atoms with E-state index in [2.05, 4.69) is 30.1 Å². The molecule has 0 spiro atoms. The van der Waals surface area contributed by atoms with Crippen LogP contribution in [0.4, 0.5) is 0 Å². The normalized spacial score (nSPS) is 11.4. The third-order valence-electron chi connectivity index (χ3n) is 4.70. The van der Waals surface area contributed by atoms with E-state index in [1.54, 1.807) is 0 Å². The van der Waals surface area contributed by atoms with Gasteiger partial charge in [0, 0.05) is 6.20 Å². The van der Waals surface area contributed by atoms with Crippen molar-refractivity contribution in [1.82, 2.24) is 4.98 Å². The van der Waals surface area contributed by atoms with Gasteiger partial charge in [0.15, 0.2) is 0 Å². The average Bonchev–Trinajstić information content (AvgIpc) is 2.62. The molecule has 0 saturated carbocycles. The van der Waals surface area contributed by atoms with Crippen LogP contribution < -0.4 is 0 Å². The highest BCUT2D eigenvalue weighted by molar-refractivity contribution is 5.43. The third-order valence-corrected chi connectivity index (χ3v) is 4.70. The molecule has 1 aromatic heterocycles. The van der Waals surface area contributed by atoms with E-state index in [1.165, 1.54) is 96.3 Å². The van der Waals surface area contributed by atoms with Crippen LogP contribution in [0.5, 0.6) is 0 Å². The molecule has 136 valence electrons. The average molecular weight is 330 g/mol. The number of hydrogen-bond donors (Lipinski definition) is 0. The Morgan fingerprint density at radius 3 is 1.75 bits per heavy atom. The minimum absolute atomic E-state index is 1.07. The van der Waals surface area contributed by atoms with E-state index >= 15 is 0 Å². The second-order valence-corrected chi connectivity index (χ2v) is 7.04. The molecule has 0 aliphatic rings. The first-order chi connectivity index (χ1) is 11.9. The largest absolute Gasteiger partial charge is 0.257 e. The lowest BCUT2D eigenvalue weighted by molar-refractivity contribution is 0.536. The number of allylic oxidation sites excluding steroid dienone is 1. The van der Waals surface area contributed by atoms with Gasteiger partial charge in [-0.1, -0.05) is 103 Å². The summed E-state index contributed by atoms with van der Waals surface area (Å²) >= 11 is 0. The molecular weight excluding hydrogens is 290 g/mol. The molecule has 0 aliphatic carbocycles. The molecule has 1 heterocycles. The first-order valence-electron chi connectivity index (χ1n) is 10.5. The van der Waals surface area contributed by atoms with Gasteiger partial charge in [0.2, 0.25) is 0 Å². The SMILES string of the molecule is CCCCCCCCCCCCCCCCC=Cc1ccccn1. The summed E-state index contributed by atoms with van der Waals surface area (Å²) in [7, 11) is 0. The zero-order valence-corrected chi connectivity index (χ0v) is 16.0. The third kappa shape index (κ3) is 13.3. The molecule has 0 amide bonds. The first-order valence-corrected chi connectivity index (χ1v) is 10.5. The quantitative estimate of drug-likeness (QED) is 0.280. The van der Waals surface area contributed by atoms with Crippen molar-refractivity contribution < 1.29 is 0 Å². The fourth-order valence-electron chi connectivity index (χ4n) is 3.14. The molecule has 1 heteroatoms. The molecule has 0 unspecified atom stereocenters. The van der Waals surface area contributed by atoms with E-state index in [1.807, 2.05) is 18.3 Å². The van der Waals surface area contributed by atoms with Gasteiger partial charge in [-0.25, -0.2) is 0 Å². The predicted octanol–water partition coefficient (Wildman–Crippen LogP) is 7.97. The maximum Gasteiger partial charge on any atom is 0.0626 e. The lowest BCUT2D eigenvalue weighted by Crippen LogP contribution is -1.83. The summed E-state index contributed by atoms with van der Waals surface area (Å²) < 4.78 is 0. The molecule has 0 fully saturated rings. The van der Waals surface area contributed by atoms with Crippen molar-refractivity contribution in [3.05, 3.63) is 36.2 Å². The monoisotopic (exact) mass is 329 g/mol. The first kappa shape index (κ1) is 20.9. The summed E-state index contributed by atoms with van der Waals surface area (Å²) in [5.41, 5.74) is 1.07. The van der Waals surface area contributed by atoms with Crippen LogP contribution in [-0.4, -0.2) is 4.98 Å². The highest BCUT2D eigenvalue weighted by Crippen LogP contribution is 2.13. The summed E-state index contributed by atoms with van der Waals surface area (Å²) in [6.07, 6.45) is 27.4. The van der Waals surface area contributed by atoms with Crippen molar-refractivity contribution in [2.75, 3.05) is 0 Å². The molecule has 0 radical (unpaired) electrons. The van der Waals surface area contributed by atoms with Gasteiger partial charge < -0.3 is 0 Å². The highest BCUT2D eigenvalue weighted by Gasteiger charge is 1.93. The maximum absolute atomic E-state index is 4.30. The van der Waals surface area contributed by atoms with Crippen LogP contribution in [0.2, 0.25) is 0 Å². The van der Waals surface area contributed by atoms with Crippen molar-refractivity contribution in [2.45, 2.75) is 103 Å². The Balaban J connectivity index is 1.75. The summed E-state index contributed by atoms with van der Waals surface area (Å²) in [4.78, 5) is 4.30. The summed E-state index contributed by atoms with van der Waals surface area (Å²) in [6, 6.07) is 6.06. The molecule has 0 bridgehead atoms. The van der Waals surface area contributed by atoms with Gasteiger partial charge in [-0.2, -0.15) is 0 Å². The molecule has 1 aromatic rings. The van der Waals surface area contributed by atoms with Gasteiger partial charge >= 0.3 is 0 Å². The topological polar surface area (TPSA) is 12.9 Å². The number of rotatable bonds is 16. The molecule has 0 atom stereocenters. The zero-order valence-electron chi connectivity index (χ0n) is 16.0. The minimum Gasteiger partial charge on any atom is -0.257 e. The lowest BCUT2D eigenvalue weighted by atomic mass is 10.0. The van der Waals surface area contributed by atoms with Crippen LogP contribution in [-0.2, 0) is 0 Å². The lowest BCUT2D eigenvalue weighted by Gasteiger charge is -2.02. The van der Waals surface area contributed by atoms with Crippen LogP contribution in [0, 0.1) is 0 Å². The van der Waals surface area contributed by atoms with Crippen molar-refractivity contribution in [3.8, 4) is 0 Å². The van der Waals surface area contributed by atoms with Crippen molar-refractivity contribution >= 4 is 6.08 Å². The minimum atomic E-state index is 1.07. The van der Waals surface area contributed by atoms with Crippen LogP contribution >= 0.6 is 0 Å². The Morgan fingerprint density at radius 2 is 1.25 bits per heavy atom. The second kappa shape index (κ2) is 16.7. The zero-order chi connectivity index (χ0) is 17.1. The Hall–Kier alpha value is -1.11. The Kier molecular flexibility index (Phi) is 14.6. The van der Waals surface area contributed by atoms with Gasteiger partial charge in [0.1, 0.15) is 0 Å². The second-order valence-electron chi connectivity index (χ2n) is 7.04. The van der Waals surface area contributed by atoms with Crippen molar-refractivity contribution in [2.24, 2.45) is 0 Å². The molecule has 24 heavy (non-hydrogen) atoms. The van der Waals surface area contributed by atoms with Gasteiger partial charge in [0.25, 0.3) is 0 Å². The van der Waals surface area contributed by atoms with Crippen molar-refractivity contribution in [1.29, 1.82) is 0 Å². The van der Waals surface area contributed by atoms with Crippen LogP contribution in [0.25, 0.3) is 6.08 Å². The van der Waals surface area contributed by atoms with Gasteiger partial charge in [-0.15, -0.1) is 0 Å². The van der Waals surface area contributed by atoms with Crippen LogP contribution in [0.1, 0.15) is 109 Å². The number of aromatic nitrogens is 1. The molecule has 1 rings (SSSR count). The number of pyridine rings is 1. The van der Waals surface area contributed by atoms with E-state index in [-0.39, 0.29) is 0 Å². The summed E-state index contributed by atoms with van der Waals surface area (Å²) in [5.74, 6) is 0. The van der Waals surface area contributed by atoms with E-state index in [0.717, 1.165) is 5.69 Å². The fourth-order valence-corrected chi connectivity index (χ4v) is 3.14. The Labute approximate surface area is 151 Å². The predicted molar refractivity (Wildman–Crippen MR) is 108 cm³/mol. The Bertz CT molecular complexity index is 382. The van der Waals surface area contributed by atoms with E-state index in [4.69, 9.17) is 0 Å². The van der Waals surface area contributed by atoms with E-state index in [9.17, 15) is 0 Å². The van der Waals surface area contributed by atoms with E-state index < -0.39 is 0 Å². The number of nitrogens with zero attached hydrogens (tertiary/aromatic N) is 1. The Morgan fingerprint density at radius 1 is 0.708 bits per heavy atom. The smallest absolute Gasteiger partial charge is 0.0626 e. The molecule has 0 aromatic carbocycles. The highest BCUT2D eigenvalue weighted by atomic mass is 14.6. The van der Waals surface area contributed by atoms with Crippen LogP contribution in [0.15, 0.2) is 30.5 Å². The summed E-state index contributed by atoms with van der Waals surface area (Å²) in [5, 5.41) is 0. The number of hydrogen-bond acceptors (Lipinski definition) is 1.